The van der Waals surface area contributed by atoms with Crippen molar-refractivity contribution in [3.8, 4) is 16.9 Å². The number of rotatable bonds is 7. The highest BCUT2D eigenvalue weighted by Gasteiger charge is 2.24. The Morgan fingerprint density at radius 3 is 2.55 bits per heavy atom. The SMILES string of the molecule is Cc1cnc(Nc2cc3c(cc2OC(C)C)N(C)CCc2c-3cnn2C)nc1Nc1ccccc1P(C)C. The molecule has 2 aromatic carbocycles. The molecular weight excluding hydrogens is 493 g/mol. The van der Waals surface area contributed by atoms with E-state index in [2.05, 4.69) is 82.4 Å². The van der Waals surface area contributed by atoms with Gasteiger partial charge >= 0.3 is 0 Å². The highest BCUT2D eigenvalue weighted by atomic mass is 31.1. The van der Waals surface area contributed by atoms with Crippen LogP contribution in [0.5, 0.6) is 5.75 Å². The summed E-state index contributed by atoms with van der Waals surface area (Å²) < 4.78 is 8.25. The average molecular weight is 530 g/mol. The summed E-state index contributed by atoms with van der Waals surface area (Å²) in [6.45, 7) is 11.5. The number of aromatic nitrogens is 4. The Morgan fingerprint density at radius 2 is 1.79 bits per heavy atom. The van der Waals surface area contributed by atoms with E-state index in [1.807, 2.05) is 44.9 Å². The molecular formula is C29H36N7OP. The molecule has 1 aliphatic heterocycles. The predicted molar refractivity (Wildman–Crippen MR) is 160 cm³/mol. The third kappa shape index (κ3) is 5.18. The maximum atomic E-state index is 6.28. The van der Waals surface area contributed by atoms with E-state index in [1.54, 1.807) is 0 Å². The molecule has 0 unspecified atom stereocenters. The van der Waals surface area contributed by atoms with Gasteiger partial charge in [0.1, 0.15) is 11.6 Å². The van der Waals surface area contributed by atoms with Gasteiger partial charge < -0.3 is 20.3 Å². The minimum atomic E-state index is -0.262. The molecule has 0 aliphatic carbocycles. The third-order valence-electron chi connectivity index (χ3n) is 6.76. The van der Waals surface area contributed by atoms with Crippen molar-refractivity contribution in [2.75, 3.05) is 42.5 Å². The molecule has 0 atom stereocenters. The minimum absolute atomic E-state index is 0.0179. The summed E-state index contributed by atoms with van der Waals surface area (Å²) in [4.78, 5) is 11.8. The fourth-order valence-corrected chi connectivity index (χ4v) is 5.77. The van der Waals surface area contributed by atoms with Crippen molar-refractivity contribution in [3.63, 3.8) is 0 Å². The second kappa shape index (κ2) is 10.6. The van der Waals surface area contributed by atoms with Gasteiger partial charge in [-0.2, -0.15) is 10.1 Å². The molecule has 9 heteroatoms. The largest absolute Gasteiger partial charge is 0.489 e. The fraction of sp³-hybridized carbons (Fsp3) is 0.345. The number of ether oxygens (including phenoxy) is 1. The zero-order valence-electron chi connectivity index (χ0n) is 23.2. The summed E-state index contributed by atoms with van der Waals surface area (Å²) >= 11 is 0. The van der Waals surface area contributed by atoms with Crippen LogP contribution in [-0.4, -0.2) is 52.8 Å². The number of aryl methyl sites for hydroxylation is 2. The van der Waals surface area contributed by atoms with Crippen LogP contribution in [0.1, 0.15) is 25.1 Å². The van der Waals surface area contributed by atoms with Gasteiger partial charge in [0.15, 0.2) is 0 Å². The summed E-state index contributed by atoms with van der Waals surface area (Å²) in [7, 11) is 3.87. The molecule has 5 rings (SSSR count). The maximum absolute atomic E-state index is 6.28. The molecule has 2 aromatic heterocycles. The molecule has 2 N–H and O–H groups in total. The van der Waals surface area contributed by atoms with E-state index in [0.717, 1.165) is 58.3 Å². The first-order valence-electron chi connectivity index (χ1n) is 12.9. The zero-order valence-corrected chi connectivity index (χ0v) is 24.1. The van der Waals surface area contributed by atoms with E-state index in [9.17, 15) is 0 Å². The van der Waals surface area contributed by atoms with Crippen LogP contribution in [0.3, 0.4) is 0 Å². The standard InChI is InChI=1S/C29H36N7OP/c1-18(2)37-26-15-25-20(21-17-31-36(5)24(21)12-13-35(25)4)14-23(26)33-29-30-16-19(3)28(34-29)32-22-10-8-9-11-27(22)38(6)7/h8-11,14-18H,12-13H2,1-7H3,(H2,30,32,33,34). The van der Waals surface area contributed by atoms with E-state index in [4.69, 9.17) is 9.72 Å². The lowest BCUT2D eigenvalue weighted by molar-refractivity contribution is 0.244. The molecule has 198 valence electrons. The predicted octanol–water partition coefficient (Wildman–Crippen LogP) is 5.82. The molecule has 8 nitrogen and oxygen atoms in total. The smallest absolute Gasteiger partial charge is 0.229 e. The Kier molecular flexibility index (Phi) is 7.26. The van der Waals surface area contributed by atoms with Crippen LogP contribution >= 0.6 is 7.92 Å². The van der Waals surface area contributed by atoms with E-state index in [-0.39, 0.29) is 14.0 Å². The molecule has 0 radical (unpaired) electrons. The zero-order chi connectivity index (χ0) is 27.0. The van der Waals surface area contributed by atoms with Gasteiger partial charge in [0.05, 0.1) is 18.0 Å². The summed E-state index contributed by atoms with van der Waals surface area (Å²) in [6, 6.07) is 12.7. The Balaban J connectivity index is 1.55. The summed E-state index contributed by atoms with van der Waals surface area (Å²) in [5, 5.41) is 12.9. The number of nitrogens with zero attached hydrogens (tertiary/aromatic N) is 5. The number of anilines is 5. The molecule has 0 fully saturated rings. The first-order chi connectivity index (χ1) is 18.2. The Morgan fingerprint density at radius 1 is 1.00 bits per heavy atom. The average Bonchev–Trinajstić information content (AvgIpc) is 3.18. The van der Waals surface area contributed by atoms with Crippen LogP contribution in [0.2, 0.25) is 0 Å². The molecule has 38 heavy (non-hydrogen) atoms. The van der Waals surface area contributed by atoms with Crippen LogP contribution in [0, 0.1) is 6.92 Å². The second-order valence-corrected chi connectivity index (χ2v) is 12.5. The topological polar surface area (TPSA) is 80.1 Å². The van der Waals surface area contributed by atoms with Crippen molar-refractivity contribution in [3.05, 3.63) is 60.0 Å². The fourth-order valence-electron chi connectivity index (χ4n) is 4.77. The van der Waals surface area contributed by atoms with Crippen LogP contribution < -0.4 is 25.6 Å². The molecule has 4 aromatic rings. The van der Waals surface area contributed by atoms with E-state index < -0.39 is 0 Å². The highest BCUT2D eigenvalue weighted by molar-refractivity contribution is 7.64. The molecule has 0 amide bonds. The van der Waals surface area contributed by atoms with Crippen molar-refractivity contribution in [1.29, 1.82) is 0 Å². The van der Waals surface area contributed by atoms with Crippen molar-refractivity contribution in [1.82, 2.24) is 19.7 Å². The van der Waals surface area contributed by atoms with Crippen LogP contribution in [0.15, 0.2) is 48.8 Å². The summed E-state index contributed by atoms with van der Waals surface area (Å²) in [5.74, 6) is 2.06. The number of hydrogen-bond donors (Lipinski definition) is 2. The maximum Gasteiger partial charge on any atom is 0.229 e. The highest BCUT2D eigenvalue weighted by Crippen LogP contribution is 2.43. The van der Waals surface area contributed by atoms with Gasteiger partial charge in [-0.1, -0.05) is 26.1 Å². The molecule has 0 bridgehead atoms. The van der Waals surface area contributed by atoms with Crippen molar-refractivity contribution < 1.29 is 4.74 Å². The first kappa shape index (κ1) is 26.0. The van der Waals surface area contributed by atoms with Crippen LogP contribution in [0.4, 0.5) is 28.8 Å². The number of para-hydroxylation sites is 1. The third-order valence-corrected chi connectivity index (χ3v) is 8.12. The van der Waals surface area contributed by atoms with Crippen molar-refractivity contribution in [2.24, 2.45) is 7.05 Å². The van der Waals surface area contributed by atoms with Gasteiger partial charge in [0.25, 0.3) is 0 Å². The number of fused-ring (bicyclic) bond motifs is 3. The minimum Gasteiger partial charge on any atom is -0.489 e. The van der Waals surface area contributed by atoms with Crippen molar-refractivity contribution in [2.45, 2.75) is 33.3 Å². The summed E-state index contributed by atoms with van der Waals surface area (Å²) in [6.07, 6.45) is 4.75. The van der Waals surface area contributed by atoms with Gasteiger partial charge in [-0.15, -0.1) is 0 Å². The monoisotopic (exact) mass is 529 g/mol. The molecule has 0 saturated carbocycles. The Hall–Kier alpha value is -3.64. The van der Waals surface area contributed by atoms with E-state index in [0.29, 0.717) is 5.95 Å². The lowest BCUT2D eigenvalue weighted by atomic mass is 10.0. The van der Waals surface area contributed by atoms with Crippen molar-refractivity contribution >= 4 is 42.1 Å². The van der Waals surface area contributed by atoms with Gasteiger partial charge in [0.2, 0.25) is 5.95 Å². The molecule has 0 spiro atoms. The number of hydrogen-bond acceptors (Lipinski definition) is 7. The van der Waals surface area contributed by atoms with Gasteiger partial charge in [-0.05, 0) is 51.5 Å². The lowest BCUT2D eigenvalue weighted by Crippen LogP contribution is -2.20. The quantitative estimate of drug-likeness (QED) is 0.292. The first-order valence-corrected chi connectivity index (χ1v) is 15.2. The number of nitrogens with one attached hydrogen (secondary N) is 2. The number of likely N-dealkylation sites (N-methyl/N-ethyl adjacent to an activating group) is 1. The van der Waals surface area contributed by atoms with E-state index >= 15 is 0 Å². The Bertz CT molecular complexity index is 1460. The van der Waals surface area contributed by atoms with Crippen LogP contribution in [0.25, 0.3) is 11.1 Å². The summed E-state index contributed by atoms with van der Waals surface area (Å²) in [5.41, 5.74) is 7.49. The second-order valence-electron chi connectivity index (χ2n) is 10.2. The normalized spacial score (nSPS) is 12.8. The van der Waals surface area contributed by atoms with Crippen LogP contribution in [-0.2, 0) is 13.5 Å². The number of benzene rings is 2. The molecule has 1 aliphatic rings. The van der Waals surface area contributed by atoms with E-state index in [1.165, 1.54) is 11.0 Å². The lowest BCUT2D eigenvalue weighted by Gasteiger charge is -2.23. The van der Waals surface area contributed by atoms with Gasteiger partial charge in [0, 0.05) is 73.1 Å². The van der Waals surface area contributed by atoms with Gasteiger partial charge in [-0.25, -0.2) is 4.98 Å². The Labute approximate surface area is 226 Å². The molecule has 3 heterocycles. The van der Waals surface area contributed by atoms with Gasteiger partial charge in [-0.3, -0.25) is 4.68 Å². The molecule has 0 saturated heterocycles.